The Morgan fingerprint density at radius 1 is 1.15 bits per heavy atom. The van der Waals surface area contributed by atoms with Crippen molar-refractivity contribution in [2.45, 2.75) is 25.7 Å². The van der Waals surface area contributed by atoms with Gasteiger partial charge in [0.25, 0.3) is 0 Å². The summed E-state index contributed by atoms with van der Waals surface area (Å²) in [4.78, 5) is 17.7. The maximum absolute atomic E-state index is 11.8. The van der Waals surface area contributed by atoms with Gasteiger partial charge in [0.15, 0.2) is 5.52 Å². The summed E-state index contributed by atoms with van der Waals surface area (Å²) in [6.45, 7) is 1.54. The smallest absolute Gasteiger partial charge is 0.323 e. The molecule has 1 fully saturated rings. The summed E-state index contributed by atoms with van der Waals surface area (Å²) in [7, 11) is 0. The Kier molecular flexibility index (Phi) is 4.88. The molecule has 0 saturated carbocycles. The molecular formula is C17H17BrN6O3. The van der Waals surface area contributed by atoms with Crippen LogP contribution in [0.3, 0.4) is 0 Å². The maximum atomic E-state index is 11.8. The molecular weight excluding hydrogens is 416 g/mol. The predicted octanol–water partition coefficient (Wildman–Crippen LogP) is 4.41. The van der Waals surface area contributed by atoms with Crippen molar-refractivity contribution in [3.05, 3.63) is 39.0 Å². The highest BCUT2D eigenvalue weighted by Gasteiger charge is 2.29. The Labute approximate surface area is 163 Å². The quantitative estimate of drug-likeness (QED) is 0.476. The van der Waals surface area contributed by atoms with Gasteiger partial charge in [-0.3, -0.25) is 10.1 Å². The predicted molar refractivity (Wildman–Crippen MR) is 104 cm³/mol. The second-order valence-electron chi connectivity index (χ2n) is 6.40. The lowest BCUT2D eigenvalue weighted by Crippen LogP contribution is -2.25. The Bertz CT molecular complexity index is 967. The van der Waals surface area contributed by atoms with Crippen molar-refractivity contribution in [2.75, 3.05) is 23.3 Å². The van der Waals surface area contributed by atoms with E-state index in [0.29, 0.717) is 22.7 Å². The molecule has 0 unspecified atom stereocenters. The van der Waals surface area contributed by atoms with Crippen LogP contribution in [0.5, 0.6) is 0 Å². The molecule has 0 radical (unpaired) electrons. The number of hydrogen-bond acceptors (Lipinski definition) is 8. The molecule has 1 saturated heterocycles. The highest BCUT2D eigenvalue weighted by molar-refractivity contribution is 9.10. The highest BCUT2D eigenvalue weighted by atomic mass is 79.9. The topological polar surface area (TPSA) is 110 Å². The lowest BCUT2D eigenvalue weighted by molar-refractivity contribution is -0.382. The van der Waals surface area contributed by atoms with Crippen LogP contribution in [0, 0.1) is 10.1 Å². The number of benzene rings is 1. The first kappa shape index (κ1) is 17.7. The summed E-state index contributed by atoms with van der Waals surface area (Å²) in [5, 5.41) is 22.7. The zero-order chi connectivity index (χ0) is 18.8. The van der Waals surface area contributed by atoms with Gasteiger partial charge in [-0.05, 0) is 57.3 Å². The van der Waals surface area contributed by atoms with Crippen LogP contribution in [0.4, 0.5) is 22.9 Å². The average Bonchev–Trinajstić information content (AvgIpc) is 2.98. The van der Waals surface area contributed by atoms with Crippen LogP contribution in [0.15, 0.2) is 33.5 Å². The van der Waals surface area contributed by atoms with Crippen molar-refractivity contribution in [1.82, 2.24) is 15.3 Å². The van der Waals surface area contributed by atoms with Gasteiger partial charge in [0, 0.05) is 23.8 Å². The second-order valence-corrected chi connectivity index (χ2v) is 7.31. The summed E-state index contributed by atoms with van der Waals surface area (Å²) in [5.74, 6) is 0.596. The van der Waals surface area contributed by atoms with Gasteiger partial charge < -0.3 is 10.2 Å². The molecule has 140 valence electrons. The zero-order valence-electron chi connectivity index (χ0n) is 14.4. The number of nitro groups is 1. The van der Waals surface area contributed by atoms with Crippen molar-refractivity contribution >= 4 is 49.8 Å². The molecule has 9 nitrogen and oxygen atoms in total. The molecule has 1 aromatic carbocycles. The number of anilines is 3. The summed E-state index contributed by atoms with van der Waals surface area (Å²) < 4.78 is 5.69. The van der Waals surface area contributed by atoms with Crippen molar-refractivity contribution in [1.29, 1.82) is 0 Å². The van der Waals surface area contributed by atoms with Crippen LogP contribution in [0.1, 0.15) is 25.7 Å². The lowest BCUT2D eigenvalue weighted by atomic mass is 10.1. The average molecular weight is 433 g/mol. The minimum Gasteiger partial charge on any atom is -0.366 e. The number of pyridine rings is 1. The van der Waals surface area contributed by atoms with Crippen LogP contribution in [0.2, 0.25) is 0 Å². The molecule has 1 aliphatic heterocycles. The van der Waals surface area contributed by atoms with E-state index in [-0.39, 0.29) is 11.2 Å². The van der Waals surface area contributed by atoms with Crippen LogP contribution < -0.4 is 10.2 Å². The normalized spacial score (nSPS) is 14.9. The zero-order valence-corrected chi connectivity index (χ0v) is 16.0. The number of nitrogens with one attached hydrogen (secondary N) is 1. The summed E-state index contributed by atoms with van der Waals surface area (Å²) in [6.07, 6.45) is 5.94. The first-order valence-electron chi connectivity index (χ1n) is 8.70. The minimum atomic E-state index is -0.408. The van der Waals surface area contributed by atoms with E-state index in [2.05, 4.69) is 41.4 Å². The van der Waals surface area contributed by atoms with Gasteiger partial charge in [-0.2, -0.15) is 0 Å². The molecule has 4 rings (SSSR count). The first-order chi connectivity index (χ1) is 13.1. The highest BCUT2D eigenvalue weighted by Crippen LogP contribution is 2.40. The van der Waals surface area contributed by atoms with Crippen LogP contribution in [0.25, 0.3) is 11.0 Å². The fraction of sp³-hybridized carbons (Fsp3) is 0.353. The van der Waals surface area contributed by atoms with E-state index in [9.17, 15) is 10.1 Å². The molecule has 2 aromatic heterocycles. The van der Waals surface area contributed by atoms with Gasteiger partial charge >= 0.3 is 5.69 Å². The van der Waals surface area contributed by atoms with Crippen molar-refractivity contribution < 1.29 is 9.55 Å². The van der Waals surface area contributed by atoms with Gasteiger partial charge in [-0.15, -0.1) is 0 Å². The van der Waals surface area contributed by atoms with Gasteiger partial charge in [-0.1, -0.05) is 12.8 Å². The van der Waals surface area contributed by atoms with Crippen LogP contribution in [-0.2, 0) is 0 Å². The van der Waals surface area contributed by atoms with Gasteiger partial charge in [0.2, 0.25) is 5.52 Å². The van der Waals surface area contributed by atoms with Gasteiger partial charge in [-0.25, -0.2) is 9.61 Å². The Hall–Kier alpha value is -2.75. The second kappa shape index (κ2) is 7.47. The molecule has 0 bridgehead atoms. The Balaban J connectivity index is 1.83. The third-order valence-corrected chi connectivity index (χ3v) is 5.08. The Morgan fingerprint density at radius 3 is 2.56 bits per heavy atom. The largest absolute Gasteiger partial charge is 0.366 e. The molecule has 3 aromatic rings. The molecule has 1 aliphatic rings. The number of aromatic nitrogens is 3. The molecule has 3 heterocycles. The Morgan fingerprint density at radius 2 is 1.89 bits per heavy atom. The number of fused-ring (bicyclic) bond motifs is 1. The number of hydrogen-bond donors (Lipinski definition) is 1. The number of rotatable bonds is 4. The van der Waals surface area contributed by atoms with E-state index in [1.165, 1.54) is 0 Å². The number of halogens is 1. The maximum Gasteiger partial charge on any atom is 0.323 e. The summed E-state index contributed by atoms with van der Waals surface area (Å²) >= 11 is 3.35. The van der Waals surface area contributed by atoms with Crippen molar-refractivity contribution in [2.24, 2.45) is 0 Å². The first-order valence-corrected chi connectivity index (χ1v) is 9.50. The van der Waals surface area contributed by atoms with Crippen LogP contribution >= 0.6 is 15.9 Å². The fourth-order valence-electron chi connectivity index (χ4n) is 3.33. The molecule has 27 heavy (non-hydrogen) atoms. The number of nitro benzene ring substituents is 1. The fourth-order valence-corrected chi connectivity index (χ4v) is 3.57. The molecule has 0 aliphatic carbocycles. The standard InChI is InChI=1S/C17H17BrN6O3/c18-11-5-6-14(19-10-11)20-12-9-13(23-7-3-1-2-4-8-23)17(24(25)26)16-15(12)21-27-22-16/h5-6,9-10H,1-4,7-8H2,(H,19,20). The SMILES string of the molecule is O=[N+]([O-])c1c(N2CCCCCC2)cc(Nc2ccc(Br)cn2)c2nonc12. The van der Waals surface area contributed by atoms with Crippen molar-refractivity contribution in [3.8, 4) is 0 Å². The molecule has 1 N–H and O–H groups in total. The van der Waals surface area contributed by atoms with E-state index in [1.54, 1.807) is 18.3 Å². The van der Waals surface area contributed by atoms with E-state index < -0.39 is 4.92 Å². The summed E-state index contributed by atoms with van der Waals surface area (Å²) in [5.41, 5.74) is 1.49. The van der Waals surface area contributed by atoms with E-state index >= 15 is 0 Å². The van der Waals surface area contributed by atoms with E-state index in [0.717, 1.165) is 43.2 Å². The van der Waals surface area contributed by atoms with E-state index in [4.69, 9.17) is 4.63 Å². The van der Waals surface area contributed by atoms with Crippen molar-refractivity contribution in [3.63, 3.8) is 0 Å². The van der Waals surface area contributed by atoms with Gasteiger partial charge in [0.05, 0.1) is 10.6 Å². The third kappa shape index (κ3) is 3.57. The summed E-state index contributed by atoms with van der Waals surface area (Å²) in [6, 6.07) is 5.41. The third-order valence-electron chi connectivity index (χ3n) is 4.61. The molecule has 0 spiro atoms. The lowest BCUT2D eigenvalue weighted by Gasteiger charge is -2.23. The molecule has 10 heteroatoms. The monoisotopic (exact) mass is 432 g/mol. The van der Waals surface area contributed by atoms with Gasteiger partial charge in [0.1, 0.15) is 11.5 Å². The van der Waals surface area contributed by atoms with E-state index in [1.807, 2.05) is 6.07 Å². The minimum absolute atomic E-state index is 0.0672. The molecule has 0 amide bonds. The number of nitrogens with zero attached hydrogens (tertiary/aromatic N) is 5. The van der Waals surface area contributed by atoms with Crippen LogP contribution in [-0.4, -0.2) is 33.3 Å². The molecule has 0 atom stereocenters.